The van der Waals surface area contributed by atoms with E-state index in [9.17, 15) is 13.2 Å². The van der Waals surface area contributed by atoms with Gasteiger partial charge in [-0.05, 0) is 60.7 Å². The zero-order valence-electron chi connectivity index (χ0n) is 16.9. The third kappa shape index (κ3) is 5.29. The Bertz CT molecular complexity index is 1320. The third-order valence-corrected chi connectivity index (χ3v) is 6.51. The zero-order valence-corrected chi connectivity index (χ0v) is 18.6. The highest BCUT2D eigenvalue weighted by Crippen LogP contribution is 2.27. The molecular formula is C22H19N5O3S2. The van der Waals surface area contributed by atoms with E-state index in [1.54, 1.807) is 36.7 Å². The molecule has 0 fully saturated rings. The first-order chi connectivity index (χ1) is 15.4. The van der Waals surface area contributed by atoms with Crippen molar-refractivity contribution >= 4 is 49.5 Å². The molecule has 4 aromatic rings. The number of carbonyl (C=O) groups is 1. The van der Waals surface area contributed by atoms with Crippen LogP contribution in [0.5, 0.6) is 0 Å². The van der Waals surface area contributed by atoms with Crippen molar-refractivity contribution in [3.63, 3.8) is 0 Å². The van der Waals surface area contributed by atoms with Crippen LogP contribution in [0.4, 0.5) is 22.2 Å². The Kier molecular flexibility index (Phi) is 6.15. The number of anilines is 4. The van der Waals surface area contributed by atoms with Gasteiger partial charge in [-0.3, -0.25) is 14.5 Å². The molecule has 0 saturated carbocycles. The van der Waals surface area contributed by atoms with E-state index in [1.165, 1.54) is 42.5 Å². The maximum absolute atomic E-state index is 12.6. The molecule has 162 valence electrons. The van der Waals surface area contributed by atoms with Crippen molar-refractivity contribution in [2.24, 2.45) is 0 Å². The summed E-state index contributed by atoms with van der Waals surface area (Å²) in [7, 11) is -3.76. The molecule has 0 aliphatic rings. The summed E-state index contributed by atoms with van der Waals surface area (Å²) in [5.74, 6) is -0.223. The Morgan fingerprint density at radius 1 is 0.875 bits per heavy atom. The number of pyridine rings is 1. The fraction of sp³-hybridized carbons (Fsp3) is 0.0455. The number of rotatable bonds is 7. The molecule has 3 N–H and O–H groups in total. The fourth-order valence-corrected chi connectivity index (χ4v) is 4.66. The highest BCUT2D eigenvalue weighted by atomic mass is 32.2. The molecule has 2 heterocycles. The van der Waals surface area contributed by atoms with Crippen LogP contribution in [-0.4, -0.2) is 24.3 Å². The lowest BCUT2D eigenvalue weighted by atomic mass is 10.2. The second kappa shape index (κ2) is 9.16. The fourth-order valence-electron chi connectivity index (χ4n) is 2.87. The maximum Gasteiger partial charge on any atom is 0.261 e. The molecule has 1 amide bonds. The second-order valence-corrected chi connectivity index (χ2v) is 9.33. The van der Waals surface area contributed by atoms with Crippen molar-refractivity contribution in [1.29, 1.82) is 0 Å². The molecule has 8 nitrogen and oxygen atoms in total. The van der Waals surface area contributed by atoms with Gasteiger partial charge in [0, 0.05) is 47.3 Å². The van der Waals surface area contributed by atoms with Crippen LogP contribution in [0.3, 0.4) is 0 Å². The van der Waals surface area contributed by atoms with Crippen LogP contribution in [0.1, 0.15) is 6.92 Å². The van der Waals surface area contributed by atoms with Gasteiger partial charge < -0.3 is 10.6 Å². The van der Waals surface area contributed by atoms with E-state index in [4.69, 9.17) is 0 Å². The number of nitrogens with zero attached hydrogens (tertiary/aromatic N) is 2. The number of aromatic nitrogens is 2. The average molecular weight is 466 g/mol. The molecule has 0 aliphatic carbocycles. The van der Waals surface area contributed by atoms with Gasteiger partial charge in [0.25, 0.3) is 10.0 Å². The topological polar surface area (TPSA) is 113 Å². The molecule has 0 aliphatic heterocycles. The second-order valence-electron chi connectivity index (χ2n) is 6.79. The van der Waals surface area contributed by atoms with Gasteiger partial charge in [-0.15, -0.1) is 11.3 Å². The number of hydrogen-bond acceptors (Lipinski definition) is 7. The summed E-state index contributed by atoms with van der Waals surface area (Å²) in [5, 5.41) is 8.50. The monoisotopic (exact) mass is 465 g/mol. The van der Waals surface area contributed by atoms with Crippen LogP contribution < -0.4 is 15.4 Å². The predicted octanol–water partition coefficient (Wildman–Crippen LogP) is 4.71. The van der Waals surface area contributed by atoms with E-state index >= 15 is 0 Å². The molecule has 4 rings (SSSR count). The SMILES string of the molecule is CC(=O)Nc1ccc(S(=O)(=O)Nc2ccc(Nc3nc(-c4ccncc4)cs3)cc2)cc1. The number of sulfonamides is 1. The number of thiazole rings is 1. The Labute approximate surface area is 189 Å². The van der Waals surface area contributed by atoms with Crippen molar-refractivity contribution in [2.75, 3.05) is 15.4 Å². The van der Waals surface area contributed by atoms with E-state index < -0.39 is 10.0 Å². The van der Waals surface area contributed by atoms with Crippen molar-refractivity contribution in [2.45, 2.75) is 11.8 Å². The van der Waals surface area contributed by atoms with Crippen LogP contribution in [0.2, 0.25) is 0 Å². The van der Waals surface area contributed by atoms with Gasteiger partial charge in [0.1, 0.15) is 0 Å². The maximum atomic E-state index is 12.6. The summed E-state index contributed by atoms with van der Waals surface area (Å²) in [6, 6.07) is 16.6. The molecule has 0 bridgehead atoms. The van der Waals surface area contributed by atoms with Gasteiger partial charge >= 0.3 is 0 Å². The zero-order chi connectivity index (χ0) is 22.6. The summed E-state index contributed by atoms with van der Waals surface area (Å²) >= 11 is 1.48. The Morgan fingerprint density at radius 3 is 2.16 bits per heavy atom. The van der Waals surface area contributed by atoms with E-state index in [-0.39, 0.29) is 10.8 Å². The molecule has 10 heteroatoms. The van der Waals surface area contributed by atoms with Crippen LogP contribution in [-0.2, 0) is 14.8 Å². The highest BCUT2D eigenvalue weighted by molar-refractivity contribution is 7.92. The summed E-state index contributed by atoms with van der Waals surface area (Å²) in [4.78, 5) is 19.8. The molecule has 0 radical (unpaired) electrons. The largest absolute Gasteiger partial charge is 0.332 e. The standard InChI is InChI=1S/C22H19N5O3S2/c1-15(28)24-17-6-8-20(9-7-17)32(29,30)27-19-4-2-18(3-5-19)25-22-26-21(14-31-22)16-10-12-23-13-11-16/h2-14,27H,1H3,(H,24,28)(H,25,26). The number of hydrogen-bond donors (Lipinski definition) is 3. The number of amides is 1. The highest BCUT2D eigenvalue weighted by Gasteiger charge is 2.14. The van der Waals surface area contributed by atoms with Gasteiger partial charge in [0.2, 0.25) is 5.91 Å². The van der Waals surface area contributed by atoms with Crippen molar-refractivity contribution in [1.82, 2.24) is 9.97 Å². The summed E-state index contributed by atoms with van der Waals surface area (Å²) in [6.07, 6.45) is 3.44. The van der Waals surface area contributed by atoms with E-state index in [0.29, 0.717) is 11.4 Å². The summed E-state index contributed by atoms with van der Waals surface area (Å²) in [5.41, 5.74) is 3.58. The van der Waals surface area contributed by atoms with Gasteiger partial charge in [-0.25, -0.2) is 13.4 Å². The van der Waals surface area contributed by atoms with Gasteiger partial charge in [0.05, 0.1) is 10.6 Å². The first kappa shape index (κ1) is 21.5. The summed E-state index contributed by atoms with van der Waals surface area (Å²) < 4.78 is 27.8. The van der Waals surface area contributed by atoms with Crippen LogP contribution in [0, 0.1) is 0 Å². The van der Waals surface area contributed by atoms with Crippen molar-refractivity contribution in [3.05, 3.63) is 78.4 Å². The first-order valence-corrected chi connectivity index (χ1v) is 11.9. The van der Waals surface area contributed by atoms with Gasteiger partial charge in [-0.1, -0.05) is 0 Å². The Balaban J connectivity index is 1.41. The number of nitrogens with one attached hydrogen (secondary N) is 3. The van der Waals surface area contributed by atoms with Gasteiger partial charge in [-0.2, -0.15) is 0 Å². The average Bonchev–Trinajstić information content (AvgIpc) is 3.24. The van der Waals surface area contributed by atoms with E-state index in [2.05, 4.69) is 25.3 Å². The Hall–Kier alpha value is -3.76. The van der Waals surface area contributed by atoms with Crippen LogP contribution >= 0.6 is 11.3 Å². The molecule has 32 heavy (non-hydrogen) atoms. The quantitative estimate of drug-likeness (QED) is 0.364. The lowest BCUT2D eigenvalue weighted by Crippen LogP contribution is -2.13. The normalized spacial score (nSPS) is 11.0. The first-order valence-electron chi connectivity index (χ1n) is 9.52. The summed E-state index contributed by atoms with van der Waals surface area (Å²) in [6.45, 7) is 1.39. The minimum absolute atomic E-state index is 0.0974. The van der Waals surface area contributed by atoms with Crippen LogP contribution in [0.15, 0.2) is 83.3 Å². The smallest absolute Gasteiger partial charge is 0.261 e. The predicted molar refractivity (Wildman–Crippen MR) is 127 cm³/mol. The minimum Gasteiger partial charge on any atom is -0.332 e. The van der Waals surface area contributed by atoms with Crippen molar-refractivity contribution in [3.8, 4) is 11.3 Å². The number of benzene rings is 2. The molecule has 0 saturated heterocycles. The molecule has 0 unspecified atom stereocenters. The lowest BCUT2D eigenvalue weighted by Gasteiger charge is -2.10. The van der Waals surface area contributed by atoms with Crippen molar-refractivity contribution < 1.29 is 13.2 Å². The number of carbonyl (C=O) groups excluding carboxylic acids is 1. The Morgan fingerprint density at radius 2 is 1.50 bits per heavy atom. The third-order valence-electron chi connectivity index (χ3n) is 4.35. The van der Waals surface area contributed by atoms with Crippen LogP contribution in [0.25, 0.3) is 11.3 Å². The van der Waals surface area contributed by atoms with E-state index in [0.717, 1.165) is 22.1 Å². The lowest BCUT2D eigenvalue weighted by molar-refractivity contribution is -0.114. The molecule has 2 aromatic carbocycles. The minimum atomic E-state index is -3.76. The molecule has 2 aromatic heterocycles. The molecule has 0 atom stereocenters. The molecule has 0 spiro atoms. The van der Waals surface area contributed by atoms with Gasteiger partial charge in [0.15, 0.2) is 5.13 Å². The van der Waals surface area contributed by atoms with E-state index in [1.807, 2.05) is 17.5 Å². The molecular weight excluding hydrogens is 446 g/mol.